The molecule has 2 aromatic rings. The number of nitrogens with zero attached hydrogens (tertiary/aromatic N) is 1. The summed E-state index contributed by atoms with van der Waals surface area (Å²) in [7, 11) is 0. The van der Waals surface area contributed by atoms with E-state index in [4.69, 9.17) is 5.73 Å². The van der Waals surface area contributed by atoms with Crippen LogP contribution in [0, 0.1) is 0 Å². The van der Waals surface area contributed by atoms with Crippen LogP contribution in [0.2, 0.25) is 0 Å². The first-order valence-electron chi connectivity index (χ1n) is 4.59. The van der Waals surface area contributed by atoms with Crippen LogP contribution in [0.1, 0.15) is 5.69 Å². The largest absolute Gasteiger partial charge is 0.330 e. The van der Waals surface area contributed by atoms with Gasteiger partial charge >= 0.3 is 0 Å². The van der Waals surface area contributed by atoms with E-state index in [0.29, 0.717) is 6.54 Å². The predicted molar refractivity (Wildman–Crippen MR) is 60.3 cm³/mol. The number of thiazole rings is 1. The molecule has 0 spiro atoms. The van der Waals surface area contributed by atoms with Gasteiger partial charge in [0.2, 0.25) is 0 Å². The Balaban J connectivity index is 2.37. The van der Waals surface area contributed by atoms with Gasteiger partial charge in [-0.3, -0.25) is 0 Å². The lowest BCUT2D eigenvalue weighted by Gasteiger charge is -2.00. The SMILES string of the molecule is NCCc1ncsc1-c1ccccc1. The van der Waals surface area contributed by atoms with Crippen LogP contribution in [0.5, 0.6) is 0 Å². The van der Waals surface area contributed by atoms with E-state index >= 15 is 0 Å². The van der Waals surface area contributed by atoms with E-state index in [1.165, 1.54) is 10.4 Å². The molecule has 0 amide bonds. The molecule has 0 bridgehead atoms. The molecule has 0 aliphatic heterocycles. The quantitative estimate of drug-likeness (QED) is 0.833. The summed E-state index contributed by atoms with van der Waals surface area (Å²) in [6.45, 7) is 0.656. The highest BCUT2D eigenvalue weighted by Crippen LogP contribution is 2.27. The molecule has 2 N–H and O–H groups in total. The Kier molecular flexibility index (Phi) is 2.91. The van der Waals surface area contributed by atoms with Gasteiger partial charge in [0.05, 0.1) is 16.1 Å². The summed E-state index contributed by atoms with van der Waals surface area (Å²) < 4.78 is 0. The average Bonchev–Trinajstić information content (AvgIpc) is 2.68. The minimum absolute atomic E-state index is 0.656. The van der Waals surface area contributed by atoms with Crippen molar-refractivity contribution in [1.29, 1.82) is 0 Å². The van der Waals surface area contributed by atoms with Gasteiger partial charge in [-0.15, -0.1) is 11.3 Å². The summed E-state index contributed by atoms with van der Waals surface area (Å²) in [5.74, 6) is 0. The van der Waals surface area contributed by atoms with E-state index in [9.17, 15) is 0 Å². The molecule has 3 heteroatoms. The van der Waals surface area contributed by atoms with E-state index in [2.05, 4.69) is 17.1 Å². The van der Waals surface area contributed by atoms with Gasteiger partial charge in [0.25, 0.3) is 0 Å². The summed E-state index contributed by atoms with van der Waals surface area (Å²) in [4.78, 5) is 5.57. The molecule has 1 aromatic heterocycles. The lowest BCUT2D eigenvalue weighted by Crippen LogP contribution is -2.03. The van der Waals surface area contributed by atoms with E-state index in [0.717, 1.165) is 12.1 Å². The molecule has 14 heavy (non-hydrogen) atoms. The topological polar surface area (TPSA) is 38.9 Å². The monoisotopic (exact) mass is 204 g/mol. The van der Waals surface area contributed by atoms with Gasteiger partial charge in [-0.2, -0.15) is 0 Å². The van der Waals surface area contributed by atoms with E-state index < -0.39 is 0 Å². The zero-order valence-corrected chi connectivity index (χ0v) is 8.63. The highest BCUT2D eigenvalue weighted by molar-refractivity contribution is 7.13. The predicted octanol–water partition coefficient (Wildman–Crippen LogP) is 2.31. The third-order valence-corrected chi connectivity index (χ3v) is 2.98. The molecular formula is C11H12N2S. The lowest BCUT2D eigenvalue weighted by molar-refractivity contribution is 0.937. The third kappa shape index (κ3) is 1.84. The molecule has 1 aromatic carbocycles. The zero-order chi connectivity index (χ0) is 9.80. The normalized spacial score (nSPS) is 10.4. The fraction of sp³-hybridized carbons (Fsp3) is 0.182. The minimum atomic E-state index is 0.656. The van der Waals surface area contributed by atoms with Crippen LogP contribution in [0.15, 0.2) is 35.8 Å². The Morgan fingerprint density at radius 2 is 2.00 bits per heavy atom. The number of nitrogens with two attached hydrogens (primary N) is 1. The Morgan fingerprint density at radius 3 is 2.71 bits per heavy atom. The molecule has 0 fully saturated rings. The summed E-state index contributed by atoms with van der Waals surface area (Å²) in [6, 6.07) is 10.3. The molecule has 0 radical (unpaired) electrons. The van der Waals surface area contributed by atoms with Crippen molar-refractivity contribution in [3.63, 3.8) is 0 Å². The van der Waals surface area contributed by atoms with Crippen molar-refractivity contribution >= 4 is 11.3 Å². The van der Waals surface area contributed by atoms with Gasteiger partial charge < -0.3 is 5.73 Å². The van der Waals surface area contributed by atoms with Gasteiger partial charge in [-0.1, -0.05) is 30.3 Å². The Labute approximate surface area is 87.4 Å². The van der Waals surface area contributed by atoms with Crippen molar-refractivity contribution < 1.29 is 0 Å². The first kappa shape index (κ1) is 9.37. The van der Waals surface area contributed by atoms with Gasteiger partial charge in [-0.25, -0.2) is 4.98 Å². The highest BCUT2D eigenvalue weighted by Gasteiger charge is 2.06. The molecule has 0 aliphatic carbocycles. The van der Waals surface area contributed by atoms with Crippen LogP contribution in [0.25, 0.3) is 10.4 Å². The van der Waals surface area contributed by atoms with Gasteiger partial charge in [0, 0.05) is 6.42 Å². The van der Waals surface area contributed by atoms with Crippen molar-refractivity contribution in [3.05, 3.63) is 41.5 Å². The Bertz CT molecular complexity index is 395. The van der Waals surface area contributed by atoms with Crippen LogP contribution in [-0.2, 0) is 6.42 Å². The van der Waals surface area contributed by atoms with Gasteiger partial charge in [-0.05, 0) is 12.1 Å². The standard InChI is InChI=1S/C11H12N2S/c12-7-6-10-11(14-8-13-10)9-4-2-1-3-5-9/h1-5,8H,6-7,12H2. The van der Waals surface area contributed by atoms with E-state index in [1.807, 2.05) is 23.7 Å². The molecular weight excluding hydrogens is 192 g/mol. The van der Waals surface area contributed by atoms with E-state index in [-0.39, 0.29) is 0 Å². The second kappa shape index (κ2) is 4.35. The number of aromatic nitrogens is 1. The van der Waals surface area contributed by atoms with Crippen molar-refractivity contribution in [2.45, 2.75) is 6.42 Å². The van der Waals surface area contributed by atoms with Crippen molar-refractivity contribution in [2.24, 2.45) is 5.73 Å². The molecule has 0 aliphatic rings. The lowest BCUT2D eigenvalue weighted by atomic mass is 10.1. The molecule has 72 valence electrons. The molecule has 0 saturated carbocycles. The molecule has 0 unspecified atom stereocenters. The minimum Gasteiger partial charge on any atom is -0.330 e. The summed E-state index contributed by atoms with van der Waals surface area (Å²) >= 11 is 1.68. The number of benzene rings is 1. The van der Waals surface area contributed by atoms with Crippen molar-refractivity contribution in [1.82, 2.24) is 4.98 Å². The maximum absolute atomic E-state index is 5.53. The van der Waals surface area contributed by atoms with Crippen LogP contribution >= 0.6 is 11.3 Å². The van der Waals surface area contributed by atoms with Crippen LogP contribution in [0.4, 0.5) is 0 Å². The average molecular weight is 204 g/mol. The fourth-order valence-electron chi connectivity index (χ4n) is 1.41. The summed E-state index contributed by atoms with van der Waals surface area (Å²) in [5, 5.41) is 0. The Morgan fingerprint density at radius 1 is 1.21 bits per heavy atom. The van der Waals surface area contributed by atoms with Gasteiger partial charge in [0.1, 0.15) is 0 Å². The van der Waals surface area contributed by atoms with E-state index in [1.54, 1.807) is 11.3 Å². The Hall–Kier alpha value is -1.19. The molecule has 0 atom stereocenters. The number of rotatable bonds is 3. The number of hydrogen-bond acceptors (Lipinski definition) is 3. The van der Waals surface area contributed by atoms with Crippen molar-refractivity contribution in [3.8, 4) is 10.4 Å². The van der Waals surface area contributed by atoms with Crippen molar-refractivity contribution in [2.75, 3.05) is 6.54 Å². The second-order valence-corrected chi connectivity index (χ2v) is 3.89. The van der Waals surface area contributed by atoms with Gasteiger partial charge in [0.15, 0.2) is 0 Å². The third-order valence-electron chi connectivity index (χ3n) is 2.06. The first-order chi connectivity index (χ1) is 6.92. The molecule has 1 heterocycles. The van der Waals surface area contributed by atoms with Crippen LogP contribution < -0.4 is 5.73 Å². The zero-order valence-electron chi connectivity index (χ0n) is 7.81. The highest BCUT2D eigenvalue weighted by atomic mass is 32.1. The van der Waals surface area contributed by atoms with Crippen LogP contribution in [-0.4, -0.2) is 11.5 Å². The fourth-order valence-corrected chi connectivity index (χ4v) is 2.26. The van der Waals surface area contributed by atoms with Crippen LogP contribution in [0.3, 0.4) is 0 Å². The second-order valence-electron chi connectivity index (χ2n) is 3.03. The maximum atomic E-state index is 5.53. The molecule has 2 rings (SSSR count). The maximum Gasteiger partial charge on any atom is 0.0801 e. The first-order valence-corrected chi connectivity index (χ1v) is 5.47. The summed E-state index contributed by atoms with van der Waals surface area (Å²) in [5.41, 5.74) is 9.76. The molecule has 2 nitrogen and oxygen atoms in total. The summed E-state index contributed by atoms with van der Waals surface area (Å²) in [6.07, 6.45) is 0.855. The molecule has 0 saturated heterocycles. The smallest absolute Gasteiger partial charge is 0.0801 e. The number of hydrogen-bond donors (Lipinski definition) is 1.